The zero-order chi connectivity index (χ0) is 15.2. The molecule has 0 aliphatic carbocycles. The predicted molar refractivity (Wildman–Crippen MR) is 76.9 cm³/mol. The Balaban J connectivity index is 2.58. The Morgan fingerprint density at radius 2 is 2.00 bits per heavy atom. The van der Waals surface area contributed by atoms with Crippen molar-refractivity contribution in [2.24, 2.45) is 0 Å². The lowest BCUT2D eigenvalue weighted by Crippen LogP contribution is -2.22. The molecule has 1 rings (SSSR count). The van der Waals surface area contributed by atoms with Crippen molar-refractivity contribution < 1.29 is 17.9 Å². The average Bonchev–Trinajstić information content (AvgIpc) is 2.32. The molecule has 0 radical (unpaired) electrons. The molecule has 0 aromatic heterocycles. The van der Waals surface area contributed by atoms with Crippen LogP contribution in [0.2, 0.25) is 0 Å². The summed E-state index contributed by atoms with van der Waals surface area (Å²) in [4.78, 5) is 0. The number of hydrogen-bond donors (Lipinski definition) is 1. The number of hydrogen-bond acceptors (Lipinski definition) is 2. The zero-order valence-corrected chi connectivity index (χ0v) is 13.1. The molecule has 20 heavy (non-hydrogen) atoms. The number of benzene rings is 1. The number of rotatable bonds is 7. The monoisotopic (exact) mass is 353 g/mol. The van der Waals surface area contributed by atoms with Crippen molar-refractivity contribution in [2.45, 2.75) is 45.5 Å². The summed E-state index contributed by atoms with van der Waals surface area (Å²) >= 11 is 3.37. The first kappa shape index (κ1) is 17.3. The van der Waals surface area contributed by atoms with Crippen molar-refractivity contribution in [3.63, 3.8) is 0 Å². The maximum absolute atomic E-state index is 12.1. The third-order valence-electron chi connectivity index (χ3n) is 2.60. The van der Waals surface area contributed by atoms with Crippen molar-refractivity contribution in [3.05, 3.63) is 28.2 Å². The van der Waals surface area contributed by atoms with E-state index in [0.29, 0.717) is 18.3 Å². The van der Waals surface area contributed by atoms with Crippen molar-refractivity contribution in [2.75, 3.05) is 6.61 Å². The number of para-hydroxylation sites is 1. The lowest BCUT2D eigenvalue weighted by atomic mass is 10.2. The molecule has 1 N–H and O–H groups in total. The highest BCUT2D eigenvalue weighted by Gasteiger charge is 2.26. The molecule has 1 aromatic carbocycles. The van der Waals surface area contributed by atoms with Crippen molar-refractivity contribution in [1.29, 1.82) is 0 Å². The average molecular weight is 354 g/mol. The SMILES string of the molecule is CC(C)NCc1cccc(Br)c1OCCCC(F)(F)F. The molecule has 0 fully saturated rings. The van der Waals surface area contributed by atoms with E-state index < -0.39 is 12.6 Å². The highest BCUT2D eigenvalue weighted by Crippen LogP contribution is 2.30. The first-order valence-corrected chi connectivity index (χ1v) is 7.29. The summed E-state index contributed by atoms with van der Waals surface area (Å²) in [6.45, 7) is 4.73. The van der Waals surface area contributed by atoms with E-state index in [1.165, 1.54) is 0 Å². The molecule has 0 spiro atoms. The third kappa shape index (κ3) is 6.61. The van der Waals surface area contributed by atoms with Crippen molar-refractivity contribution in [3.8, 4) is 5.75 Å². The third-order valence-corrected chi connectivity index (χ3v) is 3.22. The van der Waals surface area contributed by atoms with Crippen molar-refractivity contribution >= 4 is 15.9 Å². The molecule has 0 amide bonds. The summed E-state index contributed by atoms with van der Waals surface area (Å²) < 4.78 is 42.5. The van der Waals surface area contributed by atoms with Gasteiger partial charge in [-0.25, -0.2) is 0 Å². The first-order chi connectivity index (χ1) is 9.29. The fraction of sp³-hybridized carbons (Fsp3) is 0.571. The van der Waals surface area contributed by atoms with Crippen LogP contribution in [0.4, 0.5) is 13.2 Å². The summed E-state index contributed by atoms with van der Waals surface area (Å²) in [6, 6.07) is 5.92. The Labute approximate surface area is 125 Å². The molecule has 6 heteroatoms. The van der Waals surface area contributed by atoms with Crippen LogP contribution in [0.5, 0.6) is 5.75 Å². The van der Waals surface area contributed by atoms with Gasteiger partial charge < -0.3 is 10.1 Å². The van der Waals surface area contributed by atoms with Gasteiger partial charge in [0.1, 0.15) is 5.75 Å². The van der Waals surface area contributed by atoms with Crippen LogP contribution in [-0.4, -0.2) is 18.8 Å². The molecule has 0 heterocycles. The van der Waals surface area contributed by atoms with Gasteiger partial charge in [0.2, 0.25) is 0 Å². The van der Waals surface area contributed by atoms with E-state index in [1.54, 1.807) is 0 Å². The second-order valence-electron chi connectivity index (χ2n) is 4.83. The quantitative estimate of drug-likeness (QED) is 0.719. The van der Waals surface area contributed by atoms with Crippen LogP contribution < -0.4 is 10.1 Å². The minimum Gasteiger partial charge on any atom is -0.492 e. The Kier molecular flexibility index (Phi) is 6.82. The fourth-order valence-corrected chi connectivity index (χ4v) is 2.14. The fourth-order valence-electron chi connectivity index (χ4n) is 1.62. The molecule has 114 valence electrons. The number of ether oxygens (including phenoxy) is 1. The van der Waals surface area contributed by atoms with Gasteiger partial charge in [0.05, 0.1) is 11.1 Å². The van der Waals surface area contributed by atoms with E-state index in [9.17, 15) is 13.2 Å². The Bertz CT molecular complexity index is 421. The molecular formula is C14H19BrF3NO. The molecule has 0 atom stereocenters. The summed E-state index contributed by atoms with van der Waals surface area (Å²) in [5.41, 5.74) is 0.931. The molecular weight excluding hydrogens is 335 g/mol. The largest absolute Gasteiger partial charge is 0.492 e. The molecule has 0 saturated heterocycles. The number of nitrogens with one attached hydrogen (secondary N) is 1. The molecule has 2 nitrogen and oxygen atoms in total. The van der Waals surface area contributed by atoms with Crippen molar-refractivity contribution in [1.82, 2.24) is 5.32 Å². The molecule has 0 saturated carbocycles. The summed E-state index contributed by atoms with van der Waals surface area (Å²) in [6.07, 6.45) is -4.99. The number of alkyl halides is 3. The smallest absolute Gasteiger partial charge is 0.389 e. The highest BCUT2D eigenvalue weighted by molar-refractivity contribution is 9.10. The van der Waals surface area contributed by atoms with Crippen LogP contribution in [0, 0.1) is 0 Å². The molecule has 0 aliphatic heterocycles. The van der Waals surface area contributed by atoms with Crippen LogP contribution in [-0.2, 0) is 6.54 Å². The maximum Gasteiger partial charge on any atom is 0.389 e. The van der Waals surface area contributed by atoms with Crippen LogP contribution in [0.3, 0.4) is 0 Å². The van der Waals surface area contributed by atoms with E-state index in [4.69, 9.17) is 4.74 Å². The lowest BCUT2D eigenvalue weighted by molar-refractivity contribution is -0.136. The zero-order valence-electron chi connectivity index (χ0n) is 11.6. The lowest BCUT2D eigenvalue weighted by Gasteiger charge is -2.15. The minimum atomic E-state index is -4.13. The summed E-state index contributed by atoms with van der Waals surface area (Å²) in [7, 11) is 0. The van der Waals surface area contributed by atoms with E-state index >= 15 is 0 Å². The van der Waals surface area contributed by atoms with Crippen LogP contribution >= 0.6 is 15.9 Å². The molecule has 0 unspecified atom stereocenters. The van der Waals surface area contributed by atoms with Gasteiger partial charge in [0.25, 0.3) is 0 Å². The van der Waals surface area contributed by atoms with Gasteiger partial charge in [0.15, 0.2) is 0 Å². The van der Waals surface area contributed by atoms with E-state index in [-0.39, 0.29) is 13.0 Å². The summed E-state index contributed by atoms with van der Waals surface area (Å²) in [5.74, 6) is 0.614. The van der Waals surface area contributed by atoms with Gasteiger partial charge in [0, 0.05) is 24.6 Å². The summed E-state index contributed by atoms with van der Waals surface area (Å²) in [5, 5.41) is 3.26. The van der Waals surface area contributed by atoms with Gasteiger partial charge in [-0.05, 0) is 28.4 Å². The van der Waals surface area contributed by atoms with E-state index in [0.717, 1.165) is 10.0 Å². The Hall–Kier alpha value is -0.750. The Morgan fingerprint density at radius 3 is 2.60 bits per heavy atom. The normalized spacial score (nSPS) is 11.9. The van der Waals surface area contributed by atoms with Gasteiger partial charge in [-0.15, -0.1) is 0 Å². The standard InChI is InChI=1S/C14H19BrF3NO/c1-10(2)19-9-11-5-3-6-12(15)13(11)20-8-4-7-14(16,17)18/h3,5-6,10,19H,4,7-9H2,1-2H3. The maximum atomic E-state index is 12.1. The van der Waals surface area contributed by atoms with Gasteiger partial charge in [-0.1, -0.05) is 26.0 Å². The minimum absolute atomic E-state index is 0.0398. The highest BCUT2D eigenvalue weighted by atomic mass is 79.9. The van der Waals surface area contributed by atoms with Crippen LogP contribution in [0.1, 0.15) is 32.3 Å². The van der Waals surface area contributed by atoms with Gasteiger partial charge in [-0.2, -0.15) is 13.2 Å². The predicted octanol–water partition coefficient (Wildman–Crippen LogP) is 4.67. The molecule has 0 bridgehead atoms. The van der Waals surface area contributed by atoms with E-state index in [2.05, 4.69) is 21.2 Å². The van der Waals surface area contributed by atoms with E-state index in [1.807, 2.05) is 32.0 Å². The van der Waals surface area contributed by atoms with Crippen LogP contribution in [0.15, 0.2) is 22.7 Å². The second-order valence-corrected chi connectivity index (χ2v) is 5.69. The topological polar surface area (TPSA) is 21.3 Å². The van der Waals surface area contributed by atoms with Gasteiger partial charge in [-0.3, -0.25) is 0 Å². The first-order valence-electron chi connectivity index (χ1n) is 6.50. The van der Waals surface area contributed by atoms with Crippen LogP contribution in [0.25, 0.3) is 0 Å². The second kappa shape index (κ2) is 7.88. The number of halogens is 4. The molecule has 1 aromatic rings. The van der Waals surface area contributed by atoms with Gasteiger partial charge >= 0.3 is 6.18 Å². The molecule has 0 aliphatic rings. The Morgan fingerprint density at radius 1 is 1.30 bits per heavy atom.